The van der Waals surface area contributed by atoms with Crippen LogP contribution in [-0.2, 0) is 11.3 Å². The molecule has 2 aliphatic rings. The summed E-state index contributed by atoms with van der Waals surface area (Å²) in [5.41, 5.74) is 2.27. The van der Waals surface area contributed by atoms with Crippen molar-refractivity contribution in [1.82, 2.24) is 4.90 Å². The van der Waals surface area contributed by atoms with Crippen molar-refractivity contribution in [3.63, 3.8) is 0 Å². The van der Waals surface area contributed by atoms with Gasteiger partial charge in [-0.25, -0.2) is 0 Å². The van der Waals surface area contributed by atoms with E-state index in [2.05, 4.69) is 29.2 Å². The summed E-state index contributed by atoms with van der Waals surface area (Å²) in [7, 11) is 0. The highest BCUT2D eigenvalue weighted by atomic mass is 16.6. The van der Waals surface area contributed by atoms with Crippen LogP contribution in [0, 0.1) is 5.92 Å². The number of hydrogen-bond donors (Lipinski definition) is 1. The van der Waals surface area contributed by atoms with Gasteiger partial charge in [-0.3, -0.25) is 9.69 Å². The monoisotopic (exact) mass is 339 g/mol. The summed E-state index contributed by atoms with van der Waals surface area (Å²) in [6.07, 6.45) is 0.632. The Balaban J connectivity index is 1.39. The average molecular weight is 339 g/mol. The zero-order valence-corrected chi connectivity index (χ0v) is 13.9. The molecule has 2 aromatic carbocycles. The van der Waals surface area contributed by atoms with Crippen molar-refractivity contribution in [3.05, 3.63) is 59.7 Å². The van der Waals surface area contributed by atoms with Gasteiger partial charge in [-0.2, -0.15) is 0 Å². The average Bonchev–Trinajstić information content (AvgIpc) is 3.11. The molecule has 0 unspecified atom stereocenters. The highest BCUT2D eigenvalue weighted by molar-refractivity contribution is 5.70. The molecule has 0 saturated carbocycles. The molecular weight excluding hydrogens is 318 g/mol. The fourth-order valence-electron chi connectivity index (χ4n) is 3.46. The minimum absolute atomic E-state index is 0.105. The first-order valence-electron chi connectivity index (χ1n) is 8.61. The Morgan fingerprint density at radius 3 is 2.60 bits per heavy atom. The Morgan fingerprint density at radius 1 is 1.12 bits per heavy atom. The standard InChI is InChI=1S/C20H21NO4/c22-20(23)16-9-10-21(12-16)11-14-5-7-15(8-6-14)19-13-24-17-3-1-2-4-18(17)25-19/h1-8,16,19H,9-13H2,(H,22,23)/t16-,19+/m0/s1. The minimum atomic E-state index is -0.687. The van der Waals surface area contributed by atoms with Crippen LogP contribution in [0.5, 0.6) is 11.5 Å². The van der Waals surface area contributed by atoms with Crippen molar-refractivity contribution in [2.24, 2.45) is 5.92 Å². The lowest BCUT2D eigenvalue weighted by Crippen LogP contribution is -2.23. The maximum Gasteiger partial charge on any atom is 0.307 e. The van der Waals surface area contributed by atoms with Gasteiger partial charge in [0.25, 0.3) is 0 Å². The normalized spacial score (nSPS) is 22.7. The largest absolute Gasteiger partial charge is 0.485 e. The zero-order valence-electron chi connectivity index (χ0n) is 13.9. The molecule has 0 amide bonds. The summed E-state index contributed by atoms with van der Waals surface area (Å²) in [6.45, 7) is 2.76. The highest BCUT2D eigenvalue weighted by Gasteiger charge is 2.28. The topological polar surface area (TPSA) is 59.0 Å². The fraction of sp³-hybridized carbons (Fsp3) is 0.350. The van der Waals surface area contributed by atoms with E-state index < -0.39 is 5.97 Å². The van der Waals surface area contributed by atoms with Gasteiger partial charge in [0.05, 0.1) is 5.92 Å². The third kappa shape index (κ3) is 3.46. The first-order valence-corrected chi connectivity index (χ1v) is 8.61. The number of benzene rings is 2. The third-order valence-electron chi connectivity index (χ3n) is 4.89. The van der Waals surface area contributed by atoms with Gasteiger partial charge in [-0.15, -0.1) is 0 Å². The predicted octanol–water partition coefficient (Wildman–Crippen LogP) is 3.11. The third-order valence-corrected chi connectivity index (χ3v) is 4.89. The van der Waals surface area contributed by atoms with Crippen LogP contribution in [0.4, 0.5) is 0 Å². The second kappa shape index (κ2) is 6.76. The Kier molecular flexibility index (Phi) is 4.32. The number of fused-ring (bicyclic) bond motifs is 1. The second-order valence-corrected chi connectivity index (χ2v) is 6.66. The van der Waals surface area contributed by atoms with Gasteiger partial charge in [0.1, 0.15) is 6.61 Å². The number of carbonyl (C=O) groups is 1. The molecule has 4 rings (SSSR count). The molecular formula is C20H21NO4. The van der Waals surface area contributed by atoms with Gasteiger partial charge in [0.2, 0.25) is 0 Å². The van der Waals surface area contributed by atoms with Crippen molar-refractivity contribution < 1.29 is 19.4 Å². The van der Waals surface area contributed by atoms with Crippen molar-refractivity contribution in [1.29, 1.82) is 0 Å². The SMILES string of the molecule is O=C(O)[C@H]1CCN(Cc2ccc([C@H]3COc4ccccc4O3)cc2)C1. The van der Waals surface area contributed by atoms with E-state index in [1.807, 2.05) is 24.3 Å². The van der Waals surface area contributed by atoms with Crippen LogP contribution in [-0.4, -0.2) is 35.7 Å². The zero-order chi connectivity index (χ0) is 17.2. The second-order valence-electron chi connectivity index (χ2n) is 6.66. The van der Waals surface area contributed by atoms with E-state index in [1.54, 1.807) is 0 Å². The molecule has 130 valence electrons. The summed E-state index contributed by atoms with van der Waals surface area (Å²) >= 11 is 0. The molecule has 0 bridgehead atoms. The molecule has 2 aromatic rings. The molecule has 25 heavy (non-hydrogen) atoms. The Labute approximate surface area is 146 Å². The van der Waals surface area contributed by atoms with E-state index in [4.69, 9.17) is 14.6 Å². The molecule has 1 saturated heterocycles. The van der Waals surface area contributed by atoms with Crippen LogP contribution in [0.1, 0.15) is 23.7 Å². The first-order chi connectivity index (χ1) is 12.2. The number of para-hydroxylation sites is 2. The first kappa shape index (κ1) is 16.0. The lowest BCUT2D eigenvalue weighted by molar-refractivity contribution is -0.141. The molecule has 5 nitrogen and oxygen atoms in total. The maximum atomic E-state index is 11.1. The summed E-state index contributed by atoms with van der Waals surface area (Å²) < 4.78 is 11.8. The van der Waals surface area contributed by atoms with Gasteiger partial charge < -0.3 is 14.6 Å². The van der Waals surface area contributed by atoms with E-state index in [0.717, 1.165) is 36.6 Å². The summed E-state index contributed by atoms with van der Waals surface area (Å²) in [6, 6.07) is 16.0. The summed E-state index contributed by atoms with van der Waals surface area (Å²) in [4.78, 5) is 13.3. The molecule has 1 fully saturated rings. The van der Waals surface area contributed by atoms with Crippen LogP contribution in [0.15, 0.2) is 48.5 Å². The van der Waals surface area contributed by atoms with Gasteiger partial charge >= 0.3 is 5.97 Å². The summed E-state index contributed by atoms with van der Waals surface area (Å²) in [5.74, 6) is 0.650. The Bertz CT molecular complexity index is 759. The van der Waals surface area contributed by atoms with Crippen molar-refractivity contribution in [2.45, 2.75) is 19.1 Å². The molecule has 0 spiro atoms. The van der Waals surface area contributed by atoms with E-state index in [-0.39, 0.29) is 12.0 Å². The van der Waals surface area contributed by atoms with Gasteiger partial charge in [0.15, 0.2) is 17.6 Å². The van der Waals surface area contributed by atoms with Crippen LogP contribution < -0.4 is 9.47 Å². The van der Waals surface area contributed by atoms with Crippen LogP contribution in [0.25, 0.3) is 0 Å². The maximum absolute atomic E-state index is 11.1. The minimum Gasteiger partial charge on any atom is -0.485 e. The molecule has 0 aliphatic carbocycles. The van der Waals surface area contributed by atoms with Gasteiger partial charge in [-0.05, 0) is 36.2 Å². The van der Waals surface area contributed by atoms with E-state index in [9.17, 15) is 4.79 Å². The smallest absolute Gasteiger partial charge is 0.307 e. The molecule has 2 aliphatic heterocycles. The van der Waals surface area contributed by atoms with Crippen molar-refractivity contribution in [2.75, 3.05) is 19.7 Å². The molecule has 2 atom stereocenters. The quantitative estimate of drug-likeness (QED) is 0.927. The molecule has 0 radical (unpaired) electrons. The molecule has 2 heterocycles. The van der Waals surface area contributed by atoms with Crippen LogP contribution >= 0.6 is 0 Å². The van der Waals surface area contributed by atoms with Crippen molar-refractivity contribution >= 4 is 5.97 Å². The number of carboxylic acids is 1. The Hall–Kier alpha value is -2.53. The lowest BCUT2D eigenvalue weighted by Gasteiger charge is -2.27. The van der Waals surface area contributed by atoms with E-state index in [1.165, 1.54) is 5.56 Å². The number of hydrogen-bond acceptors (Lipinski definition) is 4. The number of aliphatic carboxylic acids is 1. The molecule has 5 heteroatoms. The number of carboxylic acid groups (broad SMARTS) is 1. The van der Waals surface area contributed by atoms with Crippen LogP contribution in [0.3, 0.4) is 0 Å². The number of nitrogens with zero attached hydrogens (tertiary/aromatic N) is 1. The van der Waals surface area contributed by atoms with Crippen LogP contribution in [0.2, 0.25) is 0 Å². The van der Waals surface area contributed by atoms with Gasteiger partial charge in [0, 0.05) is 13.1 Å². The Morgan fingerprint density at radius 2 is 1.88 bits per heavy atom. The summed E-state index contributed by atoms with van der Waals surface area (Å²) in [5, 5.41) is 9.10. The molecule has 1 N–H and O–H groups in total. The van der Waals surface area contributed by atoms with Crippen molar-refractivity contribution in [3.8, 4) is 11.5 Å². The lowest BCUT2D eigenvalue weighted by atomic mass is 10.1. The molecule has 0 aromatic heterocycles. The number of ether oxygens (including phenoxy) is 2. The van der Waals surface area contributed by atoms with E-state index >= 15 is 0 Å². The van der Waals surface area contributed by atoms with E-state index in [0.29, 0.717) is 13.2 Å². The highest BCUT2D eigenvalue weighted by Crippen LogP contribution is 2.35. The number of rotatable bonds is 4. The predicted molar refractivity (Wildman–Crippen MR) is 92.8 cm³/mol. The fourth-order valence-corrected chi connectivity index (χ4v) is 3.46. The van der Waals surface area contributed by atoms with Gasteiger partial charge in [-0.1, -0.05) is 36.4 Å². The number of likely N-dealkylation sites (tertiary alicyclic amines) is 1.